The highest BCUT2D eigenvalue weighted by atomic mass is 16.5. The van der Waals surface area contributed by atoms with Crippen LogP contribution in [-0.2, 0) is 11.3 Å². The average Bonchev–Trinajstić information content (AvgIpc) is 2.53. The van der Waals surface area contributed by atoms with E-state index in [1.54, 1.807) is 24.3 Å². The zero-order valence-corrected chi connectivity index (χ0v) is 11.9. The summed E-state index contributed by atoms with van der Waals surface area (Å²) in [5.41, 5.74) is -0.300. The van der Waals surface area contributed by atoms with E-state index in [0.29, 0.717) is 0 Å². The van der Waals surface area contributed by atoms with Crippen molar-refractivity contribution in [3.8, 4) is 0 Å². The molecule has 0 bridgehead atoms. The minimum atomic E-state index is -1.46. The molecule has 0 aliphatic rings. The van der Waals surface area contributed by atoms with Crippen LogP contribution in [0.3, 0.4) is 0 Å². The molecule has 1 amide bonds. The molecule has 0 aliphatic heterocycles. The Hall–Kier alpha value is -3.35. The molecule has 118 valence electrons. The van der Waals surface area contributed by atoms with E-state index in [2.05, 4.69) is 5.32 Å². The summed E-state index contributed by atoms with van der Waals surface area (Å²) in [6.07, 6.45) is -0.876. The Morgan fingerprint density at radius 3 is 2.22 bits per heavy atom. The van der Waals surface area contributed by atoms with Gasteiger partial charge in [0.2, 0.25) is 0 Å². The van der Waals surface area contributed by atoms with Crippen LogP contribution in [0.1, 0.15) is 26.3 Å². The fourth-order valence-electron chi connectivity index (χ4n) is 1.93. The van der Waals surface area contributed by atoms with Crippen molar-refractivity contribution in [3.05, 3.63) is 65.2 Å². The summed E-state index contributed by atoms with van der Waals surface area (Å²) in [4.78, 5) is 34.1. The third-order valence-corrected chi connectivity index (χ3v) is 2.96. The summed E-state index contributed by atoms with van der Waals surface area (Å²) in [6.45, 7) is 0.00764. The second kappa shape index (κ2) is 7.08. The lowest BCUT2D eigenvalue weighted by Crippen LogP contribution is -2.18. The summed E-state index contributed by atoms with van der Waals surface area (Å²) >= 11 is 0. The van der Waals surface area contributed by atoms with Gasteiger partial charge in [0, 0.05) is 0 Å². The Kier molecular flexibility index (Phi) is 4.93. The molecule has 0 aromatic heterocycles. The molecule has 2 aromatic carbocycles. The smallest absolute Gasteiger partial charge is 0.411 e. The standard InChI is InChI=1S/C16H13NO6/c18-14(19)11-7-4-8-12(13(11)15(20)21)17-16(22)23-9-10-5-2-1-3-6-10/h1-8H,9H2,(H,17,22)(H,18,19)(H,20,21). The fraction of sp³-hybridized carbons (Fsp3) is 0.0625. The summed E-state index contributed by atoms with van der Waals surface area (Å²) in [6, 6.07) is 12.7. The van der Waals surface area contributed by atoms with Crippen LogP contribution >= 0.6 is 0 Å². The number of benzene rings is 2. The molecule has 3 N–H and O–H groups in total. The van der Waals surface area contributed by atoms with Gasteiger partial charge in [-0.3, -0.25) is 5.32 Å². The van der Waals surface area contributed by atoms with E-state index in [1.165, 1.54) is 12.1 Å². The van der Waals surface area contributed by atoms with Gasteiger partial charge < -0.3 is 14.9 Å². The van der Waals surface area contributed by atoms with Gasteiger partial charge in [0.1, 0.15) is 6.61 Å². The van der Waals surface area contributed by atoms with Crippen LogP contribution < -0.4 is 5.32 Å². The minimum absolute atomic E-state index is 0.00764. The first kappa shape index (κ1) is 16.0. The van der Waals surface area contributed by atoms with Crippen molar-refractivity contribution in [1.82, 2.24) is 0 Å². The van der Waals surface area contributed by atoms with E-state index in [0.717, 1.165) is 11.6 Å². The molecule has 23 heavy (non-hydrogen) atoms. The topological polar surface area (TPSA) is 113 Å². The molecule has 0 saturated heterocycles. The first-order chi connectivity index (χ1) is 11.0. The van der Waals surface area contributed by atoms with E-state index in [1.807, 2.05) is 6.07 Å². The Bertz CT molecular complexity index is 741. The zero-order valence-electron chi connectivity index (χ0n) is 11.9. The molecule has 7 nitrogen and oxygen atoms in total. The number of anilines is 1. The third kappa shape index (κ3) is 4.07. The van der Waals surface area contributed by atoms with Crippen molar-refractivity contribution in [3.63, 3.8) is 0 Å². The molecule has 0 aliphatic carbocycles. The molecular formula is C16H13NO6. The van der Waals surface area contributed by atoms with Gasteiger partial charge in [-0.2, -0.15) is 0 Å². The SMILES string of the molecule is O=C(Nc1cccc(C(=O)O)c1C(=O)O)OCc1ccccc1. The number of carboxylic acid groups (broad SMARTS) is 2. The quantitative estimate of drug-likeness (QED) is 0.782. The van der Waals surface area contributed by atoms with Crippen molar-refractivity contribution in [2.75, 3.05) is 5.32 Å². The number of hydrogen-bond acceptors (Lipinski definition) is 4. The number of rotatable bonds is 5. The number of carbonyl (C=O) groups is 3. The van der Waals surface area contributed by atoms with Crippen LogP contribution in [0.5, 0.6) is 0 Å². The van der Waals surface area contributed by atoms with Gasteiger partial charge in [0.15, 0.2) is 0 Å². The molecule has 0 heterocycles. The number of aromatic carboxylic acids is 2. The number of nitrogens with one attached hydrogen (secondary N) is 1. The minimum Gasteiger partial charge on any atom is -0.478 e. The van der Waals surface area contributed by atoms with E-state index in [9.17, 15) is 14.4 Å². The summed E-state index contributed by atoms with van der Waals surface area (Å²) in [5.74, 6) is -2.86. The van der Waals surface area contributed by atoms with Crippen molar-refractivity contribution < 1.29 is 29.3 Å². The first-order valence-electron chi connectivity index (χ1n) is 6.56. The molecule has 7 heteroatoms. The van der Waals surface area contributed by atoms with Gasteiger partial charge in [-0.05, 0) is 17.7 Å². The highest BCUT2D eigenvalue weighted by molar-refractivity contribution is 6.07. The summed E-state index contributed by atoms with van der Waals surface area (Å²) in [7, 11) is 0. The van der Waals surface area contributed by atoms with Crippen LogP contribution in [0.4, 0.5) is 10.5 Å². The van der Waals surface area contributed by atoms with Gasteiger partial charge in [0.05, 0.1) is 16.8 Å². The molecule has 0 unspecified atom stereocenters. The normalized spacial score (nSPS) is 9.91. The lowest BCUT2D eigenvalue weighted by molar-refractivity contribution is 0.0652. The van der Waals surface area contributed by atoms with Crippen LogP contribution in [0.15, 0.2) is 48.5 Å². The van der Waals surface area contributed by atoms with Crippen molar-refractivity contribution in [2.24, 2.45) is 0 Å². The fourth-order valence-corrected chi connectivity index (χ4v) is 1.93. The molecule has 0 saturated carbocycles. The Labute approximate surface area is 131 Å². The Morgan fingerprint density at radius 2 is 1.61 bits per heavy atom. The van der Waals surface area contributed by atoms with Crippen molar-refractivity contribution in [1.29, 1.82) is 0 Å². The number of carboxylic acids is 2. The molecule has 0 spiro atoms. The first-order valence-corrected chi connectivity index (χ1v) is 6.56. The van der Waals surface area contributed by atoms with Gasteiger partial charge >= 0.3 is 18.0 Å². The second-order valence-corrected chi connectivity index (χ2v) is 4.53. The van der Waals surface area contributed by atoms with Gasteiger partial charge in [-0.25, -0.2) is 14.4 Å². The molecule has 2 rings (SSSR count). The summed E-state index contributed by atoms with van der Waals surface area (Å²) < 4.78 is 4.98. The number of amides is 1. The molecule has 0 atom stereocenters. The molecule has 0 radical (unpaired) electrons. The lowest BCUT2D eigenvalue weighted by atomic mass is 10.1. The van der Waals surface area contributed by atoms with Crippen LogP contribution in [-0.4, -0.2) is 28.2 Å². The highest BCUT2D eigenvalue weighted by Crippen LogP contribution is 2.20. The van der Waals surface area contributed by atoms with Crippen molar-refractivity contribution >= 4 is 23.7 Å². The maximum absolute atomic E-state index is 11.8. The maximum Gasteiger partial charge on any atom is 0.411 e. The predicted octanol–water partition coefficient (Wildman–Crippen LogP) is 2.83. The monoisotopic (exact) mass is 315 g/mol. The van der Waals surface area contributed by atoms with Crippen molar-refractivity contribution in [2.45, 2.75) is 6.61 Å². The van der Waals surface area contributed by atoms with Crippen LogP contribution in [0.25, 0.3) is 0 Å². The number of hydrogen-bond donors (Lipinski definition) is 3. The van der Waals surface area contributed by atoms with Crippen LogP contribution in [0.2, 0.25) is 0 Å². The second-order valence-electron chi connectivity index (χ2n) is 4.53. The summed E-state index contributed by atoms with van der Waals surface area (Å²) in [5, 5.41) is 20.4. The zero-order chi connectivity index (χ0) is 16.8. The van der Waals surface area contributed by atoms with Crippen LogP contribution in [0, 0.1) is 0 Å². The molecular weight excluding hydrogens is 302 g/mol. The molecule has 2 aromatic rings. The van der Waals surface area contributed by atoms with E-state index >= 15 is 0 Å². The van der Waals surface area contributed by atoms with E-state index < -0.39 is 29.2 Å². The average molecular weight is 315 g/mol. The van der Waals surface area contributed by atoms with Gasteiger partial charge in [0.25, 0.3) is 0 Å². The van der Waals surface area contributed by atoms with Gasteiger partial charge in [-0.1, -0.05) is 36.4 Å². The largest absolute Gasteiger partial charge is 0.478 e. The van der Waals surface area contributed by atoms with E-state index in [4.69, 9.17) is 14.9 Å². The Morgan fingerprint density at radius 1 is 0.913 bits per heavy atom. The number of carbonyl (C=O) groups excluding carboxylic acids is 1. The number of ether oxygens (including phenoxy) is 1. The molecule has 0 fully saturated rings. The lowest BCUT2D eigenvalue weighted by Gasteiger charge is -2.11. The highest BCUT2D eigenvalue weighted by Gasteiger charge is 2.21. The van der Waals surface area contributed by atoms with E-state index in [-0.39, 0.29) is 12.3 Å². The van der Waals surface area contributed by atoms with Gasteiger partial charge in [-0.15, -0.1) is 0 Å². The maximum atomic E-state index is 11.8. The Balaban J connectivity index is 2.13. The predicted molar refractivity (Wildman–Crippen MR) is 80.6 cm³/mol. The third-order valence-electron chi connectivity index (χ3n) is 2.96.